The maximum Gasteiger partial charge on any atom is 0.269 e. The van der Waals surface area contributed by atoms with E-state index in [1.807, 2.05) is 48.5 Å². The molecular formula is C26H19N5O2. The van der Waals surface area contributed by atoms with Crippen molar-refractivity contribution in [2.24, 2.45) is 0 Å². The zero-order valence-electron chi connectivity index (χ0n) is 17.8. The summed E-state index contributed by atoms with van der Waals surface area (Å²) in [4.78, 5) is 25.5. The number of aryl methyl sites for hydroxylation is 1. The Morgan fingerprint density at radius 2 is 1.88 bits per heavy atom. The predicted molar refractivity (Wildman–Crippen MR) is 127 cm³/mol. The number of hydrogen-bond donors (Lipinski definition) is 1. The van der Waals surface area contributed by atoms with Crippen LogP contribution in [0.4, 0.5) is 0 Å². The number of nitrogens with zero attached hydrogens (tertiary/aromatic N) is 4. The quantitative estimate of drug-likeness (QED) is 0.394. The second-order valence-electron chi connectivity index (χ2n) is 7.44. The Labute approximate surface area is 189 Å². The molecule has 0 amide bonds. The molecule has 3 aromatic heterocycles. The molecule has 7 nitrogen and oxygen atoms in total. The summed E-state index contributed by atoms with van der Waals surface area (Å²) in [5.74, 6) is 1.05. The topological polar surface area (TPSA) is 96.1 Å². The van der Waals surface area contributed by atoms with Gasteiger partial charge in [0, 0.05) is 6.20 Å². The standard InChI is InChI=1S/C26H19N5O2/c1-2-17-10-12-19(13-11-17)33-25-20(26(32)31-14-6-5-9-23(31)30-25)15-18(16-27)24-28-21-7-3-4-8-22(21)29-24/h3-15H,2H2,1H3,(H,28,29)/b18-15+. The highest BCUT2D eigenvalue weighted by Gasteiger charge is 2.16. The third-order valence-corrected chi connectivity index (χ3v) is 5.33. The highest BCUT2D eigenvalue weighted by Crippen LogP contribution is 2.26. The number of fused-ring (bicyclic) bond motifs is 2. The highest BCUT2D eigenvalue weighted by molar-refractivity contribution is 5.91. The van der Waals surface area contributed by atoms with Gasteiger partial charge < -0.3 is 9.72 Å². The number of imidazole rings is 1. The number of hydrogen-bond acceptors (Lipinski definition) is 5. The van der Waals surface area contributed by atoms with Crippen LogP contribution in [-0.2, 0) is 6.42 Å². The van der Waals surface area contributed by atoms with Crippen LogP contribution in [0.2, 0.25) is 0 Å². The first-order valence-electron chi connectivity index (χ1n) is 10.5. The van der Waals surface area contributed by atoms with Gasteiger partial charge in [0.05, 0.1) is 16.6 Å². The Hall–Kier alpha value is -4.70. The molecule has 1 N–H and O–H groups in total. The van der Waals surface area contributed by atoms with E-state index < -0.39 is 0 Å². The molecule has 0 unspecified atom stereocenters. The number of aromatic nitrogens is 4. The summed E-state index contributed by atoms with van der Waals surface area (Å²) in [5, 5.41) is 9.86. The van der Waals surface area contributed by atoms with Crippen LogP contribution in [0.1, 0.15) is 23.9 Å². The minimum absolute atomic E-state index is 0.124. The fourth-order valence-corrected chi connectivity index (χ4v) is 3.57. The first-order valence-corrected chi connectivity index (χ1v) is 10.5. The van der Waals surface area contributed by atoms with Crippen molar-refractivity contribution < 1.29 is 4.74 Å². The van der Waals surface area contributed by atoms with Crippen LogP contribution in [0.25, 0.3) is 28.3 Å². The number of benzene rings is 2. The molecule has 33 heavy (non-hydrogen) atoms. The number of para-hydroxylation sites is 2. The van der Waals surface area contributed by atoms with Crippen LogP contribution < -0.4 is 10.3 Å². The molecule has 3 heterocycles. The van der Waals surface area contributed by atoms with E-state index >= 15 is 0 Å². The zero-order chi connectivity index (χ0) is 22.8. The zero-order valence-corrected chi connectivity index (χ0v) is 17.8. The van der Waals surface area contributed by atoms with E-state index in [1.165, 1.54) is 16.0 Å². The average Bonchev–Trinajstić information content (AvgIpc) is 3.28. The first-order chi connectivity index (χ1) is 16.2. The van der Waals surface area contributed by atoms with E-state index in [2.05, 4.69) is 27.9 Å². The van der Waals surface area contributed by atoms with Gasteiger partial charge in [-0.15, -0.1) is 0 Å². The molecule has 0 atom stereocenters. The molecule has 0 radical (unpaired) electrons. The van der Waals surface area contributed by atoms with Crippen LogP contribution in [0.15, 0.2) is 77.7 Å². The number of nitriles is 1. The number of nitrogens with one attached hydrogen (secondary N) is 1. The number of ether oxygens (including phenoxy) is 1. The lowest BCUT2D eigenvalue weighted by Crippen LogP contribution is -2.18. The van der Waals surface area contributed by atoms with Gasteiger partial charge in [-0.05, 0) is 54.5 Å². The summed E-state index contributed by atoms with van der Waals surface area (Å²) in [6.07, 6.45) is 4.02. The van der Waals surface area contributed by atoms with Crippen LogP contribution in [0.3, 0.4) is 0 Å². The molecule has 160 valence electrons. The molecule has 0 fully saturated rings. The molecule has 0 aliphatic heterocycles. The maximum absolute atomic E-state index is 13.4. The fourth-order valence-electron chi connectivity index (χ4n) is 3.57. The Kier molecular flexibility index (Phi) is 5.17. The molecular weight excluding hydrogens is 414 g/mol. The minimum atomic E-state index is -0.343. The van der Waals surface area contributed by atoms with Gasteiger partial charge in [-0.1, -0.05) is 37.3 Å². The van der Waals surface area contributed by atoms with E-state index in [9.17, 15) is 10.1 Å². The SMILES string of the molecule is CCc1ccc(Oc2nc3ccccn3c(=O)c2/C=C(\C#N)c2nc3ccccc3[nH]2)cc1. The lowest BCUT2D eigenvalue weighted by molar-refractivity contribution is 0.461. The van der Waals surface area contributed by atoms with Crippen molar-refractivity contribution >= 4 is 28.3 Å². The van der Waals surface area contributed by atoms with Crippen LogP contribution >= 0.6 is 0 Å². The maximum atomic E-state index is 13.4. The van der Waals surface area contributed by atoms with E-state index in [0.717, 1.165) is 17.5 Å². The van der Waals surface area contributed by atoms with Gasteiger partial charge in [-0.2, -0.15) is 10.2 Å². The number of H-pyrrole nitrogens is 1. The monoisotopic (exact) mass is 433 g/mol. The van der Waals surface area contributed by atoms with Gasteiger partial charge >= 0.3 is 0 Å². The van der Waals surface area contributed by atoms with Gasteiger partial charge in [0.2, 0.25) is 5.88 Å². The van der Waals surface area contributed by atoms with Gasteiger partial charge in [0.1, 0.15) is 28.9 Å². The Morgan fingerprint density at radius 1 is 1.09 bits per heavy atom. The fraction of sp³-hybridized carbons (Fsp3) is 0.0769. The van der Waals surface area contributed by atoms with E-state index in [1.54, 1.807) is 24.4 Å². The molecule has 7 heteroatoms. The summed E-state index contributed by atoms with van der Waals surface area (Å²) in [7, 11) is 0. The molecule has 0 bridgehead atoms. The third kappa shape index (κ3) is 3.86. The van der Waals surface area contributed by atoms with Crippen LogP contribution in [0.5, 0.6) is 11.6 Å². The summed E-state index contributed by atoms with van der Waals surface area (Å²) < 4.78 is 7.45. The second-order valence-corrected chi connectivity index (χ2v) is 7.44. The molecule has 0 saturated heterocycles. The van der Waals surface area contributed by atoms with Gasteiger partial charge in [-0.3, -0.25) is 9.20 Å². The van der Waals surface area contributed by atoms with Gasteiger partial charge in [0.15, 0.2) is 0 Å². The van der Waals surface area contributed by atoms with Crippen molar-refractivity contribution in [3.05, 3.63) is 100 Å². The van der Waals surface area contributed by atoms with Crippen molar-refractivity contribution in [3.63, 3.8) is 0 Å². The Morgan fingerprint density at radius 3 is 2.64 bits per heavy atom. The molecule has 0 saturated carbocycles. The van der Waals surface area contributed by atoms with Crippen molar-refractivity contribution in [1.82, 2.24) is 19.4 Å². The van der Waals surface area contributed by atoms with Crippen molar-refractivity contribution in [2.45, 2.75) is 13.3 Å². The van der Waals surface area contributed by atoms with Crippen LogP contribution in [0, 0.1) is 11.3 Å². The van der Waals surface area contributed by atoms with E-state index in [0.29, 0.717) is 17.2 Å². The van der Waals surface area contributed by atoms with Gasteiger partial charge in [-0.25, -0.2) is 4.98 Å². The van der Waals surface area contributed by atoms with Gasteiger partial charge in [0.25, 0.3) is 5.56 Å². The van der Waals surface area contributed by atoms with Crippen molar-refractivity contribution in [2.75, 3.05) is 0 Å². The van der Waals surface area contributed by atoms with E-state index in [-0.39, 0.29) is 22.6 Å². The average molecular weight is 433 g/mol. The first kappa shape index (κ1) is 20.2. The Bertz CT molecular complexity index is 1570. The Balaban J connectivity index is 1.67. The second kappa shape index (κ2) is 8.44. The molecule has 5 rings (SSSR count). The molecule has 0 aliphatic carbocycles. The largest absolute Gasteiger partial charge is 0.438 e. The summed E-state index contributed by atoms with van der Waals surface area (Å²) >= 11 is 0. The molecule has 0 spiro atoms. The molecule has 0 aliphatic rings. The van der Waals surface area contributed by atoms with E-state index in [4.69, 9.17) is 4.74 Å². The summed E-state index contributed by atoms with van der Waals surface area (Å²) in [6.45, 7) is 2.08. The minimum Gasteiger partial charge on any atom is -0.438 e. The molecule has 5 aromatic rings. The predicted octanol–water partition coefficient (Wildman–Crippen LogP) is 4.99. The lowest BCUT2D eigenvalue weighted by Gasteiger charge is -2.10. The summed E-state index contributed by atoms with van der Waals surface area (Å²) in [5.41, 5.74) is 3.17. The van der Waals surface area contributed by atoms with Crippen molar-refractivity contribution in [3.8, 4) is 17.7 Å². The lowest BCUT2D eigenvalue weighted by atomic mass is 10.1. The third-order valence-electron chi connectivity index (χ3n) is 5.33. The normalized spacial score (nSPS) is 11.6. The molecule has 2 aromatic carbocycles. The number of allylic oxidation sites excluding steroid dienone is 1. The smallest absolute Gasteiger partial charge is 0.269 e. The number of aromatic amines is 1. The number of rotatable bonds is 5. The van der Waals surface area contributed by atoms with Crippen LogP contribution in [-0.4, -0.2) is 19.4 Å². The number of pyridine rings is 1. The summed E-state index contributed by atoms with van der Waals surface area (Å²) in [6, 6.07) is 22.5. The van der Waals surface area contributed by atoms with Crippen molar-refractivity contribution in [1.29, 1.82) is 5.26 Å². The highest BCUT2D eigenvalue weighted by atomic mass is 16.5.